The molecule has 0 spiro atoms. The van der Waals surface area contributed by atoms with Crippen LogP contribution in [0.1, 0.15) is 38.5 Å². The normalized spacial score (nSPS) is 12.5. The molecule has 17 N–H and O–H groups in total. The minimum absolute atomic E-state index is 0.0161. The molecular formula is C21H40N12O7. The van der Waals surface area contributed by atoms with Crippen LogP contribution in [0.15, 0.2) is 9.98 Å². The summed E-state index contributed by atoms with van der Waals surface area (Å²) >= 11 is 0. The van der Waals surface area contributed by atoms with E-state index in [2.05, 4.69) is 31.3 Å². The molecule has 0 bridgehead atoms. The van der Waals surface area contributed by atoms with Crippen molar-refractivity contribution in [3.05, 3.63) is 0 Å². The summed E-state index contributed by atoms with van der Waals surface area (Å²) in [6.07, 6.45) is 0.143. The molecule has 0 aromatic carbocycles. The molecule has 0 aromatic rings. The molecule has 5 amide bonds. The van der Waals surface area contributed by atoms with Gasteiger partial charge < -0.3 is 60.8 Å². The predicted molar refractivity (Wildman–Crippen MR) is 144 cm³/mol. The molecule has 0 radical (unpaired) electrons. The zero-order chi connectivity index (χ0) is 30.7. The van der Waals surface area contributed by atoms with Crippen LogP contribution in [0.25, 0.3) is 0 Å². The number of nitrogens with one attached hydrogen (secondary N) is 4. The molecule has 40 heavy (non-hydrogen) atoms. The molecule has 0 aromatic heterocycles. The third-order valence-corrected chi connectivity index (χ3v) is 5.10. The Labute approximate surface area is 230 Å². The summed E-state index contributed by atoms with van der Waals surface area (Å²) in [4.78, 5) is 80.0. The standard InChI is InChI=1S/C21H40N12O7/c22-9-15(35)31-11(3-1-7-28-20(24)25)18(38)33-12(5-6-14(23)34)17(37)30-10-16(36)32-13(19(39)40)4-2-8-29-21(26)27/h11-13H,1-10,22H2,(H2,23,34)(H,30,37)(H,31,35)(H,32,36)(H,33,38)(H,39,40)(H4,24,25,28)(H4,26,27,29)/t11-,12-,13-/m0/s1. The lowest BCUT2D eigenvalue weighted by Crippen LogP contribution is -2.55. The van der Waals surface area contributed by atoms with Gasteiger partial charge in [-0.1, -0.05) is 0 Å². The number of nitrogens with two attached hydrogens (primary N) is 6. The highest BCUT2D eigenvalue weighted by atomic mass is 16.4. The van der Waals surface area contributed by atoms with Gasteiger partial charge in [-0.05, 0) is 32.1 Å². The smallest absolute Gasteiger partial charge is 0.326 e. The second-order valence-electron chi connectivity index (χ2n) is 8.46. The highest BCUT2D eigenvalue weighted by Crippen LogP contribution is 2.04. The highest BCUT2D eigenvalue weighted by molar-refractivity contribution is 5.94. The molecule has 0 fully saturated rings. The third kappa shape index (κ3) is 16.9. The first-order valence-electron chi connectivity index (χ1n) is 12.3. The molecule has 0 rings (SSSR count). The molecule has 0 saturated carbocycles. The summed E-state index contributed by atoms with van der Waals surface area (Å²) in [6, 6.07) is -3.71. The number of carbonyl (C=O) groups is 6. The Morgan fingerprint density at radius 1 is 0.675 bits per heavy atom. The Morgan fingerprint density at radius 2 is 1.18 bits per heavy atom. The van der Waals surface area contributed by atoms with Gasteiger partial charge in [0.15, 0.2) is 11.9 Å². The van der Waals surface area contributed by atoms with Gasteiger partial charge in [0.05, 0.1) is 13.1 Å². The van der Waals surface area contributed by atoms with Crippen LogP contribution in [-0.2, 0) is 28.8 Å². The largest absolute Gasteiger partial charge is 0.480 e. The second kappa shape index (κ2) is 19.4. The Morgan fingerprint density at radius 3 is 1.65 bits per heavy atom. The summed E-state index contributed by atoms with van der Waals surface area (Å²) < 4.78 is 0. The molecule has 19 nitrogen and oxygen atoms in total. The summed E-state index contributed by atoms with van der Waals surface area (Å²) in [5.41, 5.74) is 31.4. The van der Waals surface area contributed by atoms with Crippen molar-refractivity contribution in [2.45, 2.75) is 56.7 Å². The van der Waals surface area contributed by atoms with Gasteiger partial charge in [-0.3, -0.25) is 34.0 Å². The highest BCUT2D eigenvalue weighted by Gasteiger charge is 2.27. The van der Waals surface area contributed by atoms with Crippen LogP contribution >= 0.6 is 0 Å². The van der Waals surface area contributed by atoms with Crippen LogP contribution in [0.2, 0.25) is 0 Å². The van der Waals surface area contributed by atoms with E-state index in [1.807, 2.05) is 0 Å². The van der Waals surface area contributed by atoms with Crippen LogP contribution in [-0.4, -0.2) is 96.8 Å². The molecule has 0 aliphatic carbocycles. The Kier molecular flexibility index (Phi) is 17.1. The number of guanidine groups is 2. The van der Waals surface area contributed by atoms with Crippen molar-refractivity contribution < 1.29 is 33.9 Å². The van der Waals surface area contributed by atoms with Gasteiger partial charge in [0, 0.05) is 19.5 Å². The van der Waals surface area contributed by atoms with Crippen molar-refractivity contribution >= 4 is 47.4 Å². The van der Waals surface area contributed by atoms with Gasteiger partial charge in [0.2, 0.25) is 29.5 Å². The number of carbonyl (C=O) groups excluding carboxylic acids is 5. The number of aliphatic imine (C=N–C) groups is 2. The van der Waals surface area contributed by atoms with Gasteiger partial charge in [-0.25, -0.2) is 4.79 Å². The van der Waals surface area contributed by atoms with E-state index in [0.717, 1.165) is 0 Å². The number of carboxylic acids is 1. The van der Waals surface area contributed by atoms with Crippen molar-refractivity contribution in [2.75, 3.05) is 26.2 Å². The van der Waals surface area contributed by atoms with Crippen molar-refractivity contribution in [1.82, 2.24) is 21.3 Å². The molecule has 19 heteroatoms. The van der Waals surface area contributed by atoms with Crippen LogP contribution in [0, 0.1) is 0 Å². The van der Waals surface area contributed by atoms with Crippen molar-refractivity contribution in [3.63, 3.8) is 0 Å². The van der Waals surface area contributed by atoms with E-state index in [9.17, 15) is 33.9 Å². The monoisotopic (exact) mass is 572 g/mol. The number of amides is 5. The van der Waals surface area contributed by atoms with E-state index < -0.39 is 66.7 Å². The van der Waals surface area contributed by atoms with Crippen LogP contribution in [0.4, 0.5) is 0 Å². The van der Waals surface area contributed by atoms with E-state index in [0.29, 0.717) is 0 Å². The lowest BCUT2D eigenvalue weighted by atomic mass is 10.1. The first-order chi connectivity index (χ1) is 18.8. The lowest BCUT2D eigenvalue weighted by Gasteiger charge is -2.23. The number of rotatable bonds is 20. The molecule has 0 heterocycles. The molecule has 226 valence electrons. The molecule has 3 atom stereocenters. The SMILES string of the molecule is NCC(=O)N[C@@H](CCCN=C(N)N)C(=O)N[C@@H](CCC(N)=O)C(=O)NCC(=O)N[C@@H](CCCN=C(N)N)C(=O)O. The maximum Gasteiger partial charge on any atom is 0.326 e. The number of hydrogen-bond acceptors (Lipinski definition) is 9. The van der Waals surface area contributed by atoms with E-state index in [1.54, 1.807) is 0 Å². The fraction of sp³-hybridized carbons (Fsp3) is 0.619. The Balaban J connectivity index is 5.26. The number of primary amides is 1. The fourth-order valence-corrected chi connectivity index (χ4v) is 3.15. The van der Waals surface area contributed by atoms with Crippen LogP contribution in [0.5, 0.6) is 0 Å². The van der Waals surface area contributed by atoms with Gasteiger partial charge in [0.25, 0.3) is 0 Å². The fourth-order valence-electron chi connectivity index (χ4n) is 3.15. The summed E-state index contributed by atoms with van der Waals surface area (Å²) in [5, 5.41) is 18.7. The van der Waals surface area contributed by atoms with Gasteiger partial charge in [0.1, 0.15) is 18.1 Å². The van der Waals surface area contributed by atoms with E-state index in [1.165, 1.54) is 0 Å². The van der Waals surface area contributed by atoms with E-state index >= 15 is 0 Å². The van der Waals surface area contributed by atoms with Crippen LogP contribution < -0.4 is 55.7 Å². The topological polar surface area (TPSA) is 352 Å². The maximum absolute atomic E-state index is 12.9. The number of aliphatic carboxylic acids is 1. The van der Waals surface area contributed by atoms with Gasteiger partial charge in [-0.15, -0.1) is 0 Å². The summed E-state index contributed by atoms with van der Waals surface area (Å²) in [5.74, 6) is -5.45. The molecule has 0 saturated heterocycles. The average Bonchev–Trinajstić information content (AvgIpc) is 2.87. The summed E-state index contributed by atoms with van der Waals surface area (Å²) in [6.45, 7) is -0.715. The van der Waals surface area contributed by atoms with Crippen molar-refractivity contribution in [2.24, 2.45) is 44.4 Å². The quantitative estimate of drug-likeness (QED) is 0.0369. The lowest BCUT2D eigenvalue weighted by molar-refractivity contribution is -0.142. The first-order valence-corrected chi connectivity index (χ1v) is 12.3. The molecule has 0 aliphatic heterocycles. The Hall–Kier alpha value is -4.68. The van der Waals surface area contributed by atoms with E-state index in [4.69, 9.17) is 34.4 Å². The van der Waals surface area contributed by atoms with Gasteiger partial charge >= 0.3 is 5.97 Å². The predicted octanol–water partition coefficient (Wildman–Crippen LogP) is -6.03. The third-order valence-electron chi connectivity index (χ3n) is 5.10. The van der Waals surface area contributed by atoms with Crippen molar-refractivity contribution in [1.29, 1.82) is 0 Å². The van der Waals surface area contributed by atoms with E-state index in [-0.39, 0.29) is 63.5 Å². The maximum atomic E-state index is 12.9. The number of carboxylic acid groups (broad SMARTS) is 1. The minimum atomic E-state index is -1.32. The molecule has 0 unspecified atom stereocenters. The Bertz CT molecular complexity index is 948. The van der Waals surface area contributed by atoms with Crippen molar-refractivity contribution in [3.8, 4) is 0 Å². The molecule has 0 aliphatic rings. The number of nitrogens with zero attached hydrogens (tertiary/aromatic N) is 2. The zero-order valence-electron chi connectivity index (χ0n) is 22.1. The van der Waals surface area contributed by atoms with Gasteiger partial charge in [-0.2, -0.15) is 0 Å². The number of hydrogen-bond donors (Lipinski definition) is 11. The first kappa shape index (κ1) is 35.3. The average molecular weight is 573 g/mol. The van der Waals surface area contributed by atoms with Crippen LogP contribution in [0.3, 0.4) is 0 Å². The molecular weight excluding hydrogens is 532 g/mol. The summed E-state index contributed by atoms with van der Waals surface area (Å²) in [7, 11) is 0. The minimum Gasteiger partial charge on any atom is -0.480 e. The zero-order valence-corrected chi connectivity index (χ0v) is 22.1. The second-order valence-corrected chi connectivity index (χ2v) is 8.46.